The molecule has 0 bridgehead atoms. The molecule has 1 aromatic carbocycles. The Kier molecular flexibility index (Phi) is 3.76. The molecule has 2 atom stereocenters. The molecule has 1 aliphatic rings. The molecule has 20 heavy (non-hydrogen) atoms. The molecule has 2 rings (SSSR count). The topological polar surface area (TPSA) is 92.4 Å². The van der Waals surface area contributed by atoms with E-state index in [4.69, 9.17) is 10.8 Å². The summed E-state index contributed by atoms with van der Waals surface area (Å²) in [6.07, 6.45) is 2.23. The maximum absolute atomic E-state index is 13.5. The Morgan fingerprint density at radius 1 is 1.50 bits per heavy atom. The Morgan fingerprint density at radius 2 is 2.20 bits per heavy atom. The number of halogens is 1. The van der Waals surface area contributed by atoms with Gasteiger partial charge in [-0.25, -0.2) is 9.18 Å². The molecule has 0 spiro atoms. The van der Waals surface area contributed by atoms with Gasteiger partial charge in [-0.05, 0) is 31.9 Å². The Labute approximate surface area is 116 Å². The first-order valence-corrected chi connectivity index (χ1v) is 6.45. The number of anilines is 1. The van der Waals surface area contributed by atoms with Crippen molar-refractivity contribution in [1.82, 2.24) is 0 Å². The number of benzene rings is 1. The predicted molar refractivity (Wildman–Crippen MR) is 71.9 cm³/mol. The first-order chi connectivity index (χ1) is 9.36. The quantitative estimate of drug-likeness (QED) is 0.789. The van der Waals surface area contributed by atoms with E-state index in [1.54, 1.807) is 6.92 Å². The Morgan fingerprint density at radius 3 is 2.75 bits per heavy atom. The van der Waals surface area contributed by atoms with Crippen molar-refractivity contribution in [3.8, 4) is 0 Å². The summed E-state index contributed by atoms with van der Waals surface area (Å²) in [5, 5.41) is 11.5. The molecule has 4 N–H and O–H groups in total. The standard InChI is InChI=1S/C14H17FN2O3/c1-14(7-3-6-10(14)16)13(20)17-9-5-2-4-8(15)11(9)12(18)19/h2,4-5,10H,3,6-7,16H2,1H3,(H,17,20)(H,18,19). The molecule has 1 aliphatic carbocycles. The largest absolute Gasteiger partial charge is 0.478 e. The normalized spacial score (nSPS) is 25.4. The Balaban J connectivity index is 2.29. The van der Waals surface area contributed by atoms with E-state index in [0.717, 1.165) is 18.9 Å². The van der Waals surface area contributed by atoms with Gasteiger partial charge < -0.3 is 16.2 Å². The van der Waals surface area contributed by atoms with Crippen LogP contribution in [0.1, 0.15) is 36.5 Å². The molecule has 2 unspecified atom stereocenters. The third kappa shape index (κ3) is 2.38. The van der Waals surface area contributed by atoms with Crippen LogP contribution in [0, 0.1) is 11.2 Å². The van der Waals surface area contributed by atoms with Crippen molar-refractivity contribution in [2.24, 2.45) is 11.1 Å². The molecule has 6 heteroatoms. The number of hydrogen-bond acceptors (Lipinski definition) is 3. The summed E-state index contributed by atoms with van der Waals surface area (Å²) in [4.78, 5) is 23.4. The fraction of sp³-hybridized carbons (Fsp3) is 0.429. The lowest BCUT2D eigenvalue weighted by atomic mass is 9.84. The molecular weight excluding hydrogens is 263 g/mol. The Bertz CT molecular complexity index is 561. The SMILES string of the molecule is CC1(C(=O)Nc2cccc(F)c2C(=O)O)CCCC1N. The van der Waals surface area contributed by atoms with Crippen LogP contribution in [-0.2, 0) is 4.79 Å². The van der Waals surface area contributed by atoms with E-state index in [-0.39, 0.29) is 17.6 Å². The second-order valence-electron chi connectivity index (χ2n) is 5.34. The number of nitrogens with two attached hydrogens (primary N) is 1. The number of hydrogen-bond donors (Lipinski definition) is 3. The second kappa shape index (κ2) is 5.20. The van der Waals surface area contributed by atoms with Crippen LogP contribution in [0.25, 0.3) is 0 Å². The van der Waals surface area contributed by atoms with Crippen LogP contribution in [0.15, 0.2) is 18.2 Å². The fourth-order valence-corrected chi connectivity index (χ4v) is 2.59. The summed E-state index contributed by atoms with van der Waals surface area (Å²) in [5.41, 5.74) is 4.63. The van der Waals surface area contributed by atoms with Crippen LogP contribution in [-0.4, -0.2) is 23.0 Å². The highest BCUT2D eigenvalue weighted by Gasteiger charge is 2.43. The zero-order valence-electron chi connectivity index (χ0n) is 11.1. The zero-order chi connectivity index (χ0) is 14.9. The first-order valence-electron chi connectivity index (χ1n) is 6.45. The van der Waals surface area contributed by atoms with E-state index < -0.39 is 22.8 Å². The van der Waals surface area contributed by atoms with E-state index in [1.807, 2.05) is 0 Å². The molecular formula is C14H17FN2O3. The molecule has 5 nitrogen and oxygen atoms in total. The molecule has 1 saturated carbocycles. The Hall–Kier alpha value is -1.95. The molecule has 1 aromatic rings. The van der Waals surface area contributed by atoms with Gasteiger partial charge in [-0.1, -0.05) is 12.5 Å². The minimum absolute atomic E-state index is 0.0391. The lowest BCUT2D eigenvalue weighted by Gasteiger charge is -2.27. The number of carboxylic acids is 1. The van der Waals surface area contributed by atoms with Crippen LogP contribution in [0.5, 0.6) is 0 Å². The summed E-state index contributed by atoms with van der Waals surface area (Å²) in [5.74, 6) is -2.66. The van der Waals surface area contributed by atoms with E-state index in [2.05, 4.69) is 5.32 Å². The summed E-state index contributed by atoms with van der Waals surface area (Å²) in [6.45, 7) is 1.75. The van der Waals surface area contributed by atoms with E-state index in [1.165, 1.54) is 12.1 Å². The van der Waals surface area contributed by atoms with Crippen LogP contribution in [0.2, 0.25) is 0 Å². The number of carboxylic acid groups (broad SMARTS) is 1. The third-order valence-corrected chi connectivity index (χ3v) is 4.02. The van der Waals surface area contributed by atoms with Crippen LogP contribution < -0.4 is 11.1 Å². The number of nitrogens with one attached hydrogen (secondary N) is 1. The number of aromatic carboxylic acids is 1. The van der Waals surface area contributed by atoms with Gasteiger partial charge in [0, 0.05) is 6.04 Å². The van der Waals surface area contributed by atoms with Gasteiger partial charge in [0.1, 0.15) is 11.4 Å². The molecule has 108 valence electrons. The molecule has 1 amide bonds. The molecule has 0 saturated heterocycles. The minimum atomic E-state index is -1.42. The van der Waals surface area contributed by atoms with E-state index >= 15 is 0 Å². The lowest BCUT2D eigenvalue weighted by Crippen LogP contribution is -2.44. The van der Waals surface area contributed by atoms with Gasteiger partial charge in [0.2, 0.25) is 5.91 Å². The minimum Gasteiger partial charge on any atom is -0.478 e. The van der Waals surface area contributed by atoms with Gasteiger partial charge in [-0.3, -0.25) is 4.79 Å². The summed E-state index contributed by atoms with van der Waals surface area (Å²) < 4.78 is 13.5. The average Bonchev–Trinajstić information content (AvgIpc) is 2.70. The smallest absolute Gasteiger partial charge is 0.340 e. The first kappa shape index (κ1) is 14.5. The lowest BCUT2D eigenvalue weighted by molar-refractivity contribution is -0.125. The van der Waals surface area contributed by atoms with Crippen LogP contribution in [0.3, 0.4) is 0 Å². The van der Waals surface area contributed by atoms with Crippen molar-refractivity contribution in [3.05, 3.63) is 29.6 Å². The van der Waals surface area contributed by atoms with Gasteiger partial charge in [0.05, 0.1) is 11.1 Å². The highest BCUT2D eigenvalue weighted by Crippen LogP contribution is 2.38. The van der Waals surface area contributed by atoms with E-state index in [9.17, 15) is 14.0 Å². The number of rotatable bonds is 3. The van der Waals surface area contributed by atoms with Gasteiger partial charge >= 0.3 is 5.97 Å². The van der Waals surface area contributed by atoms with Crippen LogP contribution >= 0.6 is 0 Å². The molecule has 0 radical (unpaired) electrons. The number of carbonyl (C=O) groups excluding carboxylic acids is 1. The molecule has 0 aromatic heterocycles. The van der Waals surface area contributed by atoms with E-state index in [0.29, 0.717) is 6.42 Å². The monoisotopic (exact) mass is 280 g/mol. The average molecular weight is 280 g/mol. The van der Waals surface area contributed by atoms with Crippen LogP contribution in [0.4, 0.5) is 10.1 Å². The number of carbonyl (C=O) groups is 2. The van der Waals surface area contributed by atoms with Gasteiger partial charge in [0.25, 0.3) is 0 Å². The highest BCUT2D eigenvalue weighted by molar-refractivity contribution is 6.02. The molecule has 1 fully saturated rings. The van der Waals surface area contributed by atoms with Gasteiger partial charge in [0.15, 0.2) is 0 Å². The fourth-order valence-electron chi connectivity index (χ4n) is 2.59. The van der Waals surface area contributed by atoms with Gasteiger partial charge in [-0.2, -0.15) is 0 Å². The summed E-state index contributed by atoms with van der Waals surface area (Å²) >= 11 is 0. The maximum atomic E-state index is 13.5. The molecule has 0 heterocycles. The van der Waals surface area contributed by atoms with Crippen molar-refractivity contribution in [2.45, 2.75) is 32.2 Å². The molecule has 0 aliphatic heterocycles. The summed E-state index contributed by atoms with van der Waals surface area (Å²) in [7, 11) is 0. The van der Waals surface area contributed by atoms with Gasteiger partial charge in [-0.15, -0.1) is 0 Å². The van der Waals surface area contributed by atoms with Crippen molar-refractivity contribution in [3.63, 3.8) is 0 Å². The number of amides is 1. The predicted octanol–water partition coefficient (Wildman–Crippen LogP) is 1.98. The van der Waals surface area contributed by atoms with Crippen molar-refractivity contribution >= 4 is 17.6 Å². The van der Waals surface area contributed by atoms with Crippen molar-refractivity contribution in [1.29, 1.82) is 0 Å². The van der Waals surface area contributed by atoms with Crippen molar-refractivity contribution < 1.29 is 19.1 Å². The zero-order valence-corrected chi connectivity index (χ0v) is 11.1. The third-order valence-electron chi connectivity index (χ3n) is 4.02. The second-order valence-corrected chi connectivity index (χ2v) is 5.34. The highest BCUT2D eigenvalue weighted by atomic mass is 19.1. The van der Waals surface area contributed by atoms with Crippen molar-refractivity contribution in [2.75, 3.05) is 5.32 Å². The summed E-state index contributed by atoms with van der Waals surface area (Å²) in [6, 6.07) is 3.49. The maximum Gasteiger partial charge on any atom is 0.340 e.